The number of oxime groups is 1. The smallest absolute Gasteiger partial charge is 0.226 e. The highest BCUT2D eigenvalue weighted by Gasteiger charge is 2.18. The van der Waals surface area contributed by atoms with Crippen molar-refractivity contribution in [1.29, 1.82) is 0 Å². The third-order valence-corrected chi connectivity index (χ3v) is 3.61. The van der Waals surface area contributed by atoms with Crippen molar-refractivity contribution in [3.8, 4) is 11.5 Å². The van der Waals surface area contributed by atoms with Crippen LogP contribution in [-0.2, 0) is 11.2 Å². The maximum absolute atomic E-state index is 12.9. The molecule has 1 heterocycles. The molecule has 8 heteroatoms. The summed E-state index contributed by atoms with van der Waals surface area (Å²) in [5, 5.41) is 11.4. The van der Waals surface area contributed by atoms with Crippen LogP contribution >= 0.6 is 0 Å². The van der Waals surface area contributed by atoms with Crippen LogP contribution in [-0.4, -0.2) is 21.9 Å². The SMILES string of the molecule is NC(=O)C(CCCC(N)=NO)Cc1coc(-c2ccc(F)cc2)n1. The van der Waals surface area contributed by atoms with Crippen LogP contribution in [0.2, 0.25) is 0 Å². The minimum Gasteiger partial charge on any atom is -0.444 e. The summed E-state index contributed by atoms with van der Waals surface area (Å²) < 4.78 is 18.3. The summed E-state index contributed by atoms with van der Waals surface area (Å²) in [5.41, 5.74) is 12.0. The molecule has 0 aliphatic carbocycles. The van der Waals surface area contributed by atoms with Crippen molar-refractivity contribution in [3.05, 3.63) is 42.0 Å². The normalized spacial score (nSPS) is 13.0. The second-order valence-corrected chi connectivity index (χ2v) is 5.44. The van der Waals surface area contributed by atoms with Gasteiger partial charge in [0.1, 0.15) is 17.9 Å². The number of oxazole rings is 1. The van der Waals surface area contributed by atoms with Crippen molar-refractivity contribution < 1.29 is 18.8 Å². The minimum absolute atomic E-state index is 0.109. The van der Waals surface area contributed by atoms with E-state index in [9.17, 15) is 9.18 Å². The highest BCUT2D eigenvalue weighted by molar-refractivity contribution is 5.80. The topological polar surface area (TPSA) is 128 Å². The Morgan fingerprint density at radius 2 is 2.04 bits per heavy atom. The van der Waals surface area contributed by atoms with E-state index in [0.29, 0.717) is 42.8 Å². The molecule has 0 fully saturated rings. The molecule has 1 amide bonds. The molecule has 24 heavy (non-hydrogen) atoms. The molecule has 2 aromatic rings. The van der Waals surface area contributed by atoms with Crippen molar-refractivity contribution in [2.75, 3.05) is 0 Å². The maximum atomic E-state index is 12.9. The van der Waals surface area contributed by atoms with Gasteiger partial charge in [-0.25, -0.2) is 9.37 Å². The van der Waals surface area contributed by atoms with Gasteiger partial charge in [-0.15, -0.1) is 0 Å². The predicted octanol–water partition coefficient (Wildman–Crippen LogP) is 2.04. The molecule has 1 unspecified atom stereocenters. The Hall–Kier alpha value is -2.90. The van der Waals surface area contributed by atoms with Gasteiger partial charge in [-0.3, -0.25) is 4.79 Å². The molecule has 0 aliphatic heterocycles. The number of halogens is 1. The largest absolute Gasteiger partial charge is 0.444 e. The molecule has 0 spiro atoms. The van der Waals surface area contributed by atoms with Crippen LogP contribution in [0.4, 0.5) is 4.39 Å². The Balaban J connectivity index is 1.99. The molecule has 0 bridgehead atoms. The third-order valence-electron chi connectivity index (χ3n) is 3.61. The average molecular weight is 334 g/mol. The Labute approximate surface area is 138 Å². The number of aromatic nitrogens is 1. The Kier molecular flexibility index (Phi) is 5.89. The second kappa shape index (κ2) is 8.09. The summed E-state index contributed by atoms with van der Waals surface area (Å²) in [6.07, 6.45) is 3.21. The molecule has 128 valence electrons. The highest BCUT2D eigenvalue weighted by atomic mass is 19.1. The lowest BCUT2D eigenvalue weighted by Crippen LogP contribution is -2.25. The van der Waals surface area contributed by atoms with Gasteiger partial charge in [0, 0.05) is 24.3 Å². The number of hydrogen-bond acceptors (Lipinski definition) is 5. The van der Waals surface area contributed by atoms with Crippen LogP contribution in [0.15, 0.2) is 40.1 Å². The van der Waals surface area contributed by atoms with Gasteiger partial charge in [-0.2, -0.15) is 0 Å². The summed E-state index contributed by atoms with van der Waals surface area (Å²) in [7, 11) is 0. The van der Waals surface area contributed by atoms with E-state index in [-0.39, 0.29) is 11.7 Å². The predicted molar refractivity (Wildman–Crippen MR) is 85.5 cm³/mol. The molecule has 5 N–H and O–H groups in total. The number of benzene rings is 1. The molecular formula is C16H19FN4O3. The van der Waals surface area contributed by atoms with Crippen molar-refractivity contribution in [2.45, 2.75) is 25.7 Å². The zero-order chi connectivity index (χ0) is 17.5. The van der Waals surface area contributed by atoms with E-state index in [1.165, 1.54) is 18.4 Å². The van der Waals surface area contributed by atoms with Gasteiger partial charge in [0.05, 0.1) is 5.69 Å². The minimum atomic E-state index is -0.444. The standard InChI is InChI=1S/C16H19FN4O3/c17-12-6-4-10(5-7-12)16-20-13(9-24-16)8-11(15(19)22)2-1-3-14(18)21-23/h4-7,9,11,23H,1-3,8H2,(H2,18,21)(H2,19,22). The van der Waals surface area contributed by atoms with Crippen molar-refractivity contribution in [3.63, 3.8) is 0 Å². The number of carbonyl (C=O) groups is 1. The van der Waals surface area contributed by atoms with Gasteiger partial charge < -0.3 is 21.1 Å². The van der Waals surface area contributed by atoms with Crippen LogP contribution in [0.1, 0.15) is 25.0 Å². The Morgan fingerprint density at radius 3 is 2.67 bits per heavy atom. The Bertz CT molecular complexity index is 712. The lowest BCUT2D eigenvalue weighted by Gasteiger charge is -2.11. The summed E-state index contributed by atoms with van der Waals surface area (Å²) in [6.45, 7) is 0. The summed E-state index contributed by atoms with van der Waals surface area (Å²) >= 11 is 0. The van der Waals surface area contributed by atoms with Crippen LogP contribution in [0.25, 0.3) is 11.5 Å². The van der Waals surface area contributed by atoms with E-state index in [0.717, 1.165) is 0 Å². The summed E-state index contributed by atoms with van der Waals surface area (Å²) in [5.74, 6) is -0.753. The van der Waals surface area contributed by atoms with Gasteiger partial charge in [0.2, 0.25) is 11.8 Å². The van der Waals surface area contributed by atoms with Gasteiger partial charge in [-0.05, 0) is 37.1 Å². The molecule has 1 aromatic carbocycles. The monoisotopic (exact) mass is 334 g/mol. The molecule has 1 atom stereocenters. The number of primary amides is 1. The fraction of sp³-hybridized carbons (Fsp3) is 0.312. The molecule has 7 nitrogen and oxygen atoms in total. The zero-order valence-corrected chi connectivity index (χ0v) is 13.0. The van der Waals surface area contributed by atoms with E-state index in [2.05, 4.69) is 10.1 Å². The fourth-order valence-electron chi connectivity index (χ4n) is 2.30. The van der Waals surface area contributed by atoms with E-state index in [1.807, 2.05) is 0 Å². The second-order valence-electron chi connectivity index (χ2n) is 5.44. The first-order chi connectivity index (χ1) is 11.5. The maximum Gasteiger partial charge on any atom is 0.226 e. The molecule has 0 radical (unpaired) electrons. The van der Waals surface area contributed by atoms with Crippen LogP contribution in [0, 0.1) is 11.7 Å². The first kappa shape index (κ1) is 17.5. The van der Waals surface area contributed by atoms with E-state index in [1.54, 1.807) is 12.1 Å². The number of carbonyl (C=O) groups excluding carboxylic acids is 1. The number of rotatable bonds is 8. The number of amidine groups is 1. The molecule has 1 aromatic heterocycles. The summed E-state index contributed by atoms with van der Waals surface area (Å²) in [6, 6.07) is 5.76. The van der Waals surface area contributed by atoms with Crippen molar-refractivity contribution in [2.24, 2.45) is 22.5 Å². The molecule has 2 rings (SSSR count). The average Bonchev–Trinajstić information content (AvgIpc) is 3.02. The van der Waals surface area contributed by atoms with Crippen LogP contribution < -0.4 is 11.5 Å². The Morgan fingerprint density at radius 1 is 1.33 bits per heavy atom. The lowest BCUT2D eigenvalue weighted by atomic mass is 9.96. The number of nitrogens with two attached hydrogens (primary N) is 2. The first-order valence-corrected chi connectivity index (χ1v) is 7.45. The molecule has 0 saturated carbocycles. The van der Waals surface area contributed by atoms with Gasteiger partial charge in [0.15, 0.2) is 0 Å². The fourth-order valence-corrected chi connectivity index (χ4v) is 2.30. The van der Waals surface area contributed by atoms with Gasteiger partial charge >= 0.3 is 0 Å². The quantitative estimate of drug-likeness (QED) is 0.294. The highest BCUT2D eigenvalue weighted by Crippen LogP contribution is 2.21. The van der Waals surface area contributed by atoms with Gasteiger partial charge in [0.25, 0.3) is 0 Å². The molecule has 0 aliphatic rings. The number of nitrogens with zero attached hydrogens (tertiary/aromatic N) is 2. The van der Waals surface area contributed by atoms with Gasteiger partial charge in [-0.1, -0.05) is 5.16 Å². The molecular weight excluding hydrogens is 315 g/mol. The number of amides is 1. The van der Waals surface area contributed by atoms with Crippen molar-refractivity contribution >= 4 is 11.7 Å². The van der Waals surface area contributed by atoms with Crippen molar-refractivity contribution in [1.82, 2.24) is 4.98 Å². The van der Waals surface area contributed by atoms with E-state index < -0.39 is 11.8 Å². The first-order valence-electron chi connectivity index (χ1n) is 7.45. The number of hydrogen-bond donors (Lipinski definition) is 3. The molecule has 0 saturated heterocycles. The zero-order valence-electron chi connectivity index (χ0n) is 13.0. The van der Waals surface area contributed by atoms with Crippen LogP contribution in [0.3, 0.4) is 0 Å². The third kappa shape index (κ3) is 4.80. The van der Waals surface area contributed by atoms with Crippen LogP contribution in [0.5, 0.6) is 0 Å². The van der Waals surface area contributed by atoms with E-state index >= 15 is 0 Å². The van der Waals surface area contributed by atoms with E-state index in [4.69, 9.17) is 21.1 Å². The summed E-state index contributed by atoms with van der Waals surface area (Å²) in [4.78, 5) is 15.9. The lowest BCUT2D eigenvalue weighted by molar-refractivity contribution is -0.122.